The summed E-state index contributed by atoms with van der Waals surface area (Å²) in [6, 6.07) is -0.101. The highest BCUT2D eigenvalue weighted by atomic mass is 16.4. The largest absolute Gasteiger partial charge is 0.481 e. The second kappa shape index (κ2) is 6.58. The van der Waals surface area contributed by atoms with Crippen LogP contribution >= 0.6 is 0 Å². The van der Waals surface area contributed by atoms with E-state index < -0.39 is 5.97 Å². The Balaban J connectivity index is 1.84. The minimum absolute atomic E-state index is 0.101. The molecule has 7 nitrogen and oxygen atoms in total. The SMILES string of the molecule is O=C(O)CC1CCN(C(=O)N2CCCNC(=O)C2)CC1. The van der Waals surface area contributed by atoms with Crippen LogP contribution in [-0.2, 0) is 9.59 Å². The fourth-order valence-corrected chi connectivity index (χ4v) is 2.74. The smallest absolute Gasteiger partial charge is 0.320 e. The summed E-state index contributed by atoms with van der Waals surface area (Å²) in [7, 11) is 0. The molecule has 2 heterocycles. The lowest BCUT2D eigenvalue weighted by Gasteiger charge is -2.34. The Morgan fingerprint density at radius 1 is 1.20 bits per heavy atom. The van der Waals surface area contributed by atoms with Crippen molar-refractivity contribution in [2.24, 2.45) is 5.92 Å². The van der Waals surface area contributed by atoms with Gasteiger partial charge < -0.3 is 20.2 Å². The number of hydrogen-bond donors (Lipinski definition) is 2. The zero-order chi connectivity index (χ0) is 14.5. The van der Waals surface area contributed by atoms with Crippen LogP contribution in [-0.4, -0.2) is 65.5 Å². The summed E-state index contributed by atoms with van der Waals surface area (Å²) in [5.74, 6) is -0.737. The first-order valence-electron chi connectivity index (χ1n) is 7.08. The Hall–Kier alpha value is -1.79. The predicted octanol–water partition coefficient (Wildman–Crippen LogP) is 0.115. The molecule has 0 atom stereocenters. The summed E-state index contributed by atoms with van der Waals surface area (Å²) >= 11 is 0. The molecule has 112 valence electrons. The van der Waals surface area contributed by atoms with Gasteiger partial charge in [0.25, 0.3) is 0 Å². The summed E-state index contributed by atoms with van der Waals surface area (Å²) in [6.45, 7) is 2.48. The van der Waals surface area contributed by atoms with Crippen molar-refractivity contribution in [3.63, 3.8) is 0 Å². The summed E-state index contributed by atoms with van der Waals surface area (Å²) < 4.78 is 0. The van der Waals surface area contributed by atoms with Crippen molar-refractivity contribution in [3.05, 3.63) is 0 Å². The molecule has 2 aliphatic heterocycles. The van der Waals surface area contributed by atoms with Crippen LogP contribution < -0.4 is 5.32 Å². The monoisotopic (exact) mass is 283 g/mol. The molecule has 0 unspecified atom stereocenters. The third kappa shape index (κ3) is 3.85. The zero-order valence-corrected chi connectivity index (χ0v) is 11.5. The summed E-state index contributed by atoms with van der Waals surface area (Å²) in [5, 5.41) is 11.5. The van der Waals surface area contributed by atoms with E-state index in [0.717, 1.165) is 19.3 Å². The Labute approximate surface area is 117 Å². The van der Waals surface area contributed by atoms with E-state index in [1.165, 1.54) is 0 Å². The lowest BCUT2D eigenvalue weighted by Crippen LogP contribution is -2.48. The second-order valence-electron chi connectivity index (χ2n) is 5.44. The number of rotatable bonds is 2. The van der Waals surface area contributed by atoms with Gasteiger partial charge in [0, 0.05) is 32.6 Å². The number of nitrogens with one attached hydrogen (secondary N) is 1. The highest BCUT2D eigenvalue weighted by Crippen LogP contribution is 2.21. The van der Waals surface area contributed by atoms with E-state index in [1.54, 1.807) is 9.80 Å². The average Bonchev–Trinajstić information content (AvgIpc) is 2.63. The molecule has 3 amide bonds. The maximum atomic E-state index is 12.3. The van der Waals surface area contributed by atoms with Crippen LogP contribution in [0.25, 0.3) is 0 Å². The van der Waals surface area contributed by atoms with Gasteiger partial charge in [-0.2, -0.15) is 0 Å². The van der Waals surface area contributed by atoms with Crippen LogP contribution in [0, 0.1) is 5.92 Å². The quantitative estimate of drug-likeness (QED) is 0.753. The molecule has 0 radical (unpaired) electrons. The van der Waals surface area contributed by atoms with E-state index in [1.807, 2.05) is 0 Å². The number of carbonyl (C=O) groups excluding carboxylic acids is 2. The third-order valence-electron chi connectivity index (χ3n) is 3.88. The van der Waals surface area contributed by atoms with Gasteiger partial charge in [-0.15, -0.1) is 0 Å². The molecule has 0 aromatic rings. The molecule has 2 N–H and O–H groups in total. The van der Waals surface area contributed by atoms with Crippen molar-refractivity contribution in [2.75, 3.05) is 32.7 Å². The number of urea groups is 1. The van der Waals surface area contributed by atoms with Crippen LogP contribution in [0.2, 0.25) is 0 Å². The Morgan fingerprint density at radius 3 is 2.55 bits per heavy atom. The number of aliphatic carboxylic acids is 1. The fraction of sp³-hybridized carbons (Fsp3) is 0.769. The van der Waals surface area contributed by atoms with Crippen molar-refractivity contribution in [1.82, 2.24) is 15.1 Å². The molecule has 20 heavy (non-hydrogen) atoms. The number of hydrogen-bond acceptors (Lipinski definition) is 3. The van der Waals surface area contributed by atoms with Crippen molar-refractivity contribution < 1.29 is 19.5 Å². The maximum Gasteiger partial charge on any atom is 0.320 e. The molecule has 2 fully saturated rings. The molecule has 0 aliphatic carbocycles. The lowest BCUT2D eigenvalue weighted by molar-refractivity contribution is -0.138. The normalized spacial score (nSPS) is 21.3. The molecule has 0 saturated carbocycles. The number of likely N-dealkylation sites (tertiary alicyclic amines) is 1. The van der Waals surface area contributed by atoms with Crippen molar-refractivity contribution in [2.45, 2.75) is 25.7 Å². The van der Waals surface area contributed by atoms with Crippen molar-refractivity contribution >= 4 is 17.9 Å². The zero-order valence-electron chi connectivity index (χ0n) is 11.5. The summed E-state index contributed by atoms with van der Waals surface area (Å²) in [6.07, 6.45) is 2.39. The first-order chi connectivity index (χ1) is 9.56. The first kappa shape index (κ1) is 14.6. The van der Waals surface area contributed by atoms with E-state index in [-0.39, 0.29) is 30.8 Å². The molecule has 2 rings (SSSR count). The second-order valence-corrected chi connectivity index (χ2v) is 5.44. The van der Waals surface area contributed by atoms with Crippen LogP contribution in [0.4, 0.5) is 4.79 Å². The van der Waals surface area contributed by atoms with E-state index in [2.05, 4.69) is 5.32 Å². The fourth-order valence-electron chi connectivity index (χ4n) is 2.74. The molecular weight excluding hydrogens is 262 g/mol. The minimum atomic E-state index is -0.779. The van der Waals surface area contributed by atoms with E-state index in [9.17, 15) is 14.4 Å². The van der Waals surface area contributed by atoms with Gasteiger partial charge in [-0.05, 0) is 25.2 Å². The topological polar surface area (TPSA) is 89.9 Å². The van der Waals surface area contributed by atoms with Gasteiger partial charge in [-0.3, -0.25) is 9.59 Å². The standard InChI is InChI=1S/C13H21N3O4/c17-11-9-16(5-1-4-14-11)13(20)15-6-2-10(3-7-15)8-12(18)19/h10H,1-9H2,(H,14,17)(H,18,19). The number of carboxylic acids is 1. The van der Waals surface area contributed by atoms with Gasteiger partial charge in [-0.1, -0.05) is 0 Å². The summed E-state index contributed by atoms with van der Waals surface area (Å²) in [5.41, 5.74) is 0. The van der Waals surface area contributed by atoms with E-state index >= 15 is 0 Å². The number of amides is 3. The van der Waals surface area contributed by atoms with Gasteiger partial charge in [0.1, 0.15) is 6.54 Å². The minimum Gasteiger partial charge on any atom is -0.481 e. The van der Waals surface area contributed by atoms with Crippen molar-refractivity contribution in [1.29, 1.82) is 0 Å². The van der Waals surface area contributed by atoms with Gasteiger partial charge in [-0.25, -0.2) is 4.79 Å². The van der Waals surface area contributed by atoms with E-state index in [4.69, 9.17) is 5.11 Å². The Bertz CT molecular complexity index is 391. The molecular formula is C13H21N3O4. The van der Waals surface area contributed by atoms with E-state index in [0.29, 0.717) is 26.2 Å². The number of nitrogens with zero attached hydrogens (tertiary/aromatic N) is 2. The van der Waals surface area contributed by atoms with Crippen LogP contribution in [0.15, 0.2) is 0 Å². The highest BCUT2D eigenvalue weighted by molar-refractivity contribution is 5.84. The highest BCUT2D eigenvalue weighted by Gasteiger charge is 2.28. The molecule has 2 aliphatic rings. The van der Waals surface area contributed by atoms with Gasteiger partial charge in [0.15, 0.2) is 0 Å². The Morgan fingerprint density at radius 2 is 1.90 bits per heavy atom. The molecule has 0 spiro atoms. The molecule has 7 heteroatoms. The molecule has 2 saturated heterocycles. The molecule has 0 aromatic carbocycles. The lowest BCUT2D eigenvalue weighted by atomic mass is 9.94. The third-order valence-corrected chi connectivity index (χ3v) is 3.88. The number of carbonyl (C=O) groups is 3. The average molecular weight is 283 g/mol. The number of carboxylic acid groups (broad SMARTS) is 1. The van der Waals surface area contributed by atoms with Crippen LogP contribution in [0.3, 0.4) is 0 Å². The predicted molar refractivity (Wildman–Crippen MR) is 71.1 cm³/mol. The molecule has 0 aromatic heterocycles. The Kier molecular flexibility index (Phi) is 4.81. The van der Waals surface area contributed by atoms with Crippen LogP contribution in [0.1, 0.15) is 25.7 Å². The van der Waals surface area contributed by atoms with Gasteiger partial charge >= 0.3 is 12.0 Å². The van der Waals surface area contributed by atoms with Gasteiger partial charge in [0.05, 0.1) is 0 Å². The maximum absolute atomic E-state index is 12.3. The van der Waals surface area contributed by atoms with Crippen molar-refractivity contribution in [3.8, 4) is 0 Å². The first-order valence-corrected chi connectivity index (χ1v) is 7.08. The number of piperidine rings is 1. The molecule has 0 bridgehead atoms. The summed E-state index contributed by atoms with van der Waals surface area (Å²) in [4.78, 5) is 37.8. The van der Waals surface area contributed by atoms with Gasteiger partial charge in [0.2, 0.25) is 5.91 Å². The van der Waals surface area contributed by atoms with Crippen LogP contribution in [0.5, 0.6) is 0 Å².